The van der Waals surface area contributed by atoms with E-state index in [2.05, 4.69) is 4.98 Å². The van der Waals surface area contributed by atoms with Crippen LogP contribution < -0.4 is 10.5 Å². The van der Waals surface area contributed by atoms with E-state index in [1.807, 2.05) is 17.5 Å². The van der Waals surface area contributed by atoms with Crippen molar-refractivity contribution in [2.75, 3.05) is 0 Å². The predicted molar refractivity (Wildman–Crippen MR) is 53.0 cm³/mol. The summed E-state index contributed by atoms with van der Waals surface area (Å²) in [6.07, 6.45) is 1.78. The van der Waals surface area contributed by atoms with Crippen LogP contribution in [0.15, 0.2) is 28.2 Å². The molecule has 2 rings (SSSR count). The van der Waals surface area contributed by atoms with E-state index in [0.29, 0.717) is 18.8 Å². The summed E-state index contributed by atoms with van der Waals surface area (Å²) >= 11 is 1.64. The molecule has 4 nitrogen and oxygen atoms in total. The van der Waals surface area contributed by atoms with Gasteiger partial charge in [-0.25, -0.2) is 0 Å². The van der Waals surface area contributed by atoms with Crippen LogP contribution in [0.4, 0.5) is 0 Å². The van der Waals surface area contributed by atoms with Crippen molar-refractivity contribution in [3.63, 3.8) is 0 Å². The Hall–Kier alpha value is -1.33. The summed E-state index contributed by atoms with van der Waals surface area (Å²) in [4.78, 5) is 5.16. The molecule has 0 saturated carbocycles. The van der Waals surface area contributed by atoms with Crippen molar-refractivity contribution in [2.24, 2.45) is 5.73 Å². The lowest BCUT2D eigenvalue weighted by molar-refractivity contribution is 0.222. The Balaban J connectivity index is 1.92. The van der Waals surface area contributed by atoms with Gasteiger partial charge < -0.3 is 14.9 Å². The second-order valence-corrected chi connectivity index (χ2v) is 3.71. The third-order valence-corrected chi connectivity index (χ3v) is 2.51. The first-order valence-corrected chi connectivity index (χ1v) is 5.06. The van der Waals surface area contributed by atoms with Crippen molar-refractivity contribution >= 4 is 11.3 Å². The van der Waals surface area contributed by atoms with Crippen molar-refractivity contribution in [2.45, 2.75) is 13.2 Å². The van der Waals surface area contributed by atoms with E-state index < -0.39 is 0 Å². The van der Waals surface area contributed by atoms with Gasteiger partial charge in [0.15, 0.2) is 0 Å². The van der Waals surface area contributed by atoms with Gasteiger partial charge >= 0.3 is 6.08 Å². The minimum absolute atomic E-state index is 0.277. The number of aromatic nitrogens is 1. The van der Waals surface area contributed by atoms with Crippen LogP contribution in [0.3, 0.4) is 0 Å². The second-order valence-electron chi connectivity index (χ2n) is 2.68. The van der Waals surface area contributed by atoms with Crippen molar-refractivity contribution in [1.82, 2.24) is 4.98 Å². The molecule has 2 aromatic rings. The molecule has 74 valence electrons. The Morgan fingerprint density at radius 3 is 3.14 bits per heavy atom. The van der Waals surface area contributed by atoms with E-state index in [1.165, 1.54) is 6.26 Å². The highest BCUT2D eigenvalue weighted by Crippen LogP contribution is 2.14. The van der Waals surface area contributed by atoms with Gasteiger partial charge in [-0.05, 0) is 11.4 Å². The molecule has 0 aliphatic carbocycles. The summed E-state index contributed by atoms with van der Waals surface area (Å²) < 4.78 is 10.4. The first kappa shape index (κ1) is 9.23. The molecule has 0 unspecified atom stereocenters. The smallest absolute Gasteiger partial charge is 0.394 e. The average Bonchev–Trinajstić information content (AvgIpc) is 2.86. The molecule has 5 heteroatoms. The van der Waals surface area contributed by atoms with Gasteiger partial charge in [-0.2, -0.15) is 4.98 Å². The molecule has 0 aliphatic heterocycles. The minimum Gasteiger partial charge on any atom is -0.444 e. The van der Waals surface area contributed by atoms with Gasteiger partial charge in [-0.15, -0.1) is 11.3 Å². The van der Waals surface area contributed by atoms with Gasteiger partial charge in [0, 0.05) is 11.4 Å². The number of rotatable bonds is 4. The lowest BCUT2D eigenvalue weighted by atomic mass is 10.5. The van der Waals surface area contributed by atoms with Crippen LogP contribution in [0.25, 0.3) is 0 Å². The maximum absolute atomic E-state index is 5.38. The van der Waals surface area contributed by atoms with Crippen molar-refractivity contribution in [3.8, 4) is 6.08 Å². The number of nitrogens with two attached hydrogens (primary N) is 1. The Bertz CT molecular complexity index is 383. The molecule has 0 fully saturated rings. The first-order chi connectivity index (χ1) is 6.88. The van der Waals surface area contributed by atoms with E-state index in [4.69, 9.17) is 14.9 Å². The first-order valence-electron chi connectivity index (χ1n) is 4.18. The van der Waals surface area contributed by atoms with Crippen LogP contribution >= 0.6 is 11.3 Å². The molecule has 0 spiro atoms. The van der Waals surface area contributed by atoms with E-state index in [1.54, 1.807) is 11.3 Å². The fourth-order valence-corrected chi connectivity index (χ4v) is 1.59. The maximum Gasteiger partial charge on any atom is 0.394 e. The number of hydrogen-bond donors (Lipinski definition) is 1. The van der Waals surface area contributed by atoms with Crippen LogP contribution in [0.2, 0.25) is 0 Å². The number of ether oxygens (including phenoxy) is 1. The highest BCUT2D eigenvalue weighted by Gasteiger charge is 2.03. The van der Waals surface area contributed by atoms with E-state index in [0.717, 1.165) is 4.88 Å². The van der Waals surface area contributed by atoms with E-state index >= 15 is 0 Å². The molecule has 2 aromatic heterocycles. The topological polar surface area (TPSA) is 61.3 Å². The molecule has 0 bridgehead atoms. The summed E-state index contributed by atoms with van der Waals surface area (Å²) in [5.41, 5.74) is 6.08. The highest BCUT2D eigenvalue weighted by atomic mass is 32.1. The Morgan fingerprint density at radius 1 is 1.57 bits per heavy atom. The molecule has 2 N–H and O–H groups in total. The molecule has 0 aromatic carbocycles. The van der Waals surface area contributed by atoms with Crippen molar-refractivity contribution < 1.29 is 9.15 Å². The number of nitrogens with zero attached hydrogens (tertiary/aromatic N) is 1. The Morgan fingerprint density at radius 2 is 2.50 bits per heavy atom. The fraction of sp³-hybridized carbons (Fsp3) is 0.222. The Labute approximate surface area is 85.3 Å². The molecule has 0 amide bonds. The molecule has 2 heterocycles. The highest BCUT2D eigenvalue weighted by molar-refractivity contribution is 7.09. The van der Waals surface area contributed by atoms with E-state index in [9.17, 15) is 0 Å². The molecular formula is C9H10N2O2S. The number of oxazole rings is 1. The lowest BCUT2D eigenvalue weighted by Gasteiger charge is -1.96. The minimum atomic E-state index is 0.277. The fourth-order valence-electron chi connectivity index (χ4n) is 0.976. The van der Waals surface area contributed by atoms with Gasteiger partial charge in [0.2, 0.25) is 0 Å². The third-order valence-electron chi connectivity index (χ3n) is 1.66. The third kappa shape index (κ3) is 2.12. The van der Waals surface area contributed by atoms with Gasteiger partial charge in [-0.3, -0.25) is 0 Å². The van der Waals surface area contributed by atoms with Gasteiger partial charge in [0.1, 0.15) is 12.9 Å². The monoisotopic (exact) mass is 210 g/mol. The summed E-state index contributed by atoms with van der Waals surface area (Å²) in [7, 11) is 0. The number of hydrogen-bond acceptors (Lipinski definition) is 5. The second kappa shape index (κ2) is 4.26. The summed E-state index contributed by atoms with van der Waals surface area (Å²) in [5.74, 6) is 0. The zero-order chi connectivity index (χ0) is 9.80. The molecule has 0 saturated heterocycles. The maximum atomic E-state index is 5.38. The molecule has 14 heavy (non-hydrogen) atoms. The van der Waals surface area contributed by atoms with Gasteiger partial charge in [-0.1, -0.05) is 6.07 Å². The molecule has 0 radical (unpaired) electrons. The molecule has 0 aliphatic rings. The van der Waals surface area contributed by atoms with Crippen LogP contribution in [0.1, 0.15) is 10.6 Å². The number of thiophene rings is 1. The zero-order valence-electron chi connectivity index (χ0n) is 7.47. The van der Waals surface area contributed by atoms with Crippen LogP contribution in [0.5, 0.6) is 6.08 Å². The quantitative estimate of drug-likeness (QED) is 0.835. The zero-order valence-corrected chi connectivity index (χ0v) is 8.29. The van der Waals surface area contributed by atoms with E-state index in [-0.39, 0.29) is 6.08 Å². The standard InChI is InChI=1S/C9H10N2O2S/c10-4-7-5-12-9(11-7)13-6-8-2-1-3-14-8/h1-3,5H,4,6,10H2. The van der Waals surface area contributed by atoms with Crippen molar-refractivity contribution in [1.29, 1.82) is 0 Å². The normalized spacial score (nSPS) is 10.4. The average molecular weight is 210 g/mol. The van der Waals surface area contributed by atoms with Crippen LogP contribution in [-0.2, 0) is 13.2 Å². The largest absolute Gasteiger partial charge is 0.444 e. The summed E-state index contributed by atoms with van der Waals surface area (Å²) in [6.45, 7) is 0.855. The Kier molecular flexibility index (Phi) is 2.81. The van der Waals surface area contributed by atoms with Crippen LogP contribution in [-0.4, -0.2) is 4.98 Å². The molecular weight excluding hydrogens is 200 g/mol. The van der Waals surface area contributed by atoms with Crippen LogP contribution in [0, 0.1) is 0 Å². The van der Waals surface area contributed by atoms with Gasteiger partial charge in [0.05, 0.1) is 5.69 Å². The molecule has 0 atom stereocenters. The summed E-state index contributed by atoms with van der Waals surface area (Å²) in [5, 5.41) is 2.00. The van der Waals surface area contributed by atoms with Crippen molar-refractivity contribution in [3.05, 3.63) is 34.3 Å². The van der Waals surface area contributed by atoms with Gasteiger partial charge in [0.25, 0.3) is 0 Å². The summed E-state index contributed by atoms with van der Waals surface area (Å²) in [6, 6.07) is 3.97. The predicted octanol–water partition coefficient (Wildman–Crippen LogP) is 1.77. The lowest BCUT2D eigenvalue weighted by Crippen LogP contribution is -1.97. The SMILES string of the molecule is NCc1coc(OCc2cccs2)n1.